The lowest BCUT2D eigenvalue weighted by atomic mass is 10.0. The first-order valence-corrected chi connectivity index (χ1v) is 11.1. The van der Waals surface area contributed by atoms with E-state index in [1.54, 1.807) is 7.11 Å². The molecule has 0 N–H and O–H groups in total. The normalized spacial score (nSPS) is 14.0. The minimum atomic E-state index is 0.0378. The van der Waals surface area contributed by atoms with Crippen LogP contribution in [0.3, 0.4) is 0 Å². The molecule has 1 fully saturated rings. The Morgan fingerprint density at radius 2 is 1.62 bits per heavy atom. The van der Waals surface area contributed by atoms with E-state index in [1.165, 1.54) is 11.1 Å². The molecule has 2 heterocycles. The summed E-state index contributed by atoms with van der Waals surface area (Å²) in [5.74, 6) is 1.75. The van der Waals surface area contributed by atoms with Gasteiger partial charge in [-0.25, -0.2) is 9.97 Å². The van der Waals surface area contributed by atoms with Crippen LogP contribution < -0.4 is 4.90 Å². The maximum absolute atomic E-state index is 12.2. The predicted molar refractivity (Wildman–Crippen MR) is 127 cm³/mol. The van der Waals surface area contributed by atoms with E-state index in [9.17, 15) is 4.79 Å². The van der Waals surface area contributed by atoms with Crippen molar-refractivity contribution in [2.75, 3.05) is 44.8 Å². The van der Waals surface area contributed by atoms with Crippen LogP contribution in [0.1, 0.15) is 22.4 Å². The smallest absolute Gasteiger partial charge is 0.248 e. The zero-order valence-corrected chi connectivity index (χ0v) is 19.0. The Morgan fingerprint density at radius 1 is 0.938 bits per heavy atom. The fraction of sp³-hybridized carbons (Fsp3) is 0.346. The number of aromatic nitrogens is 2. The maximum atomic E-state index is 12.2. The average molecular weight is 431 g/mol. The highest BCUT2D eigenvalue weighted by molar-refractivity contribution is 5.77. The Labute approximate surface area is 189 Å². The van der Waals surface area contributed by atoms with E-state index >= 15 is 0 Å². The number of amides is 1. The molecule has 0 aliphatic carbocycles. The molecule has 1 amide bonds. The number of ether oxygens (including phenoxy) is 1. The van der Waals surface area contributed by atoms with Gasteiger partial charge in [-0.1, -0.05) is 60.2 Å². The molecule has 0 atom stereocenters. The first-order chi connectivity index (χ1) is 15.5. The molecule has 6 nitrogen and oxygen atoms in total. The molecular formula is C26H30N4O2. The number of piperazine rings is 1. The summed E-state index contributed by atoms with van der Waals surface area (Å²) < 4.78 is 5.02. The third-order valence-electron chi connectivity index (χ3n) is 5.93. The molecule has 32 heavy (non-hydrogen) atoms. The molecule has 0 bridgehead atoms. The van der Waals surface area contributed by atoms with Gasteiger partial charge in [-0.2, -0.15) is 0 Å². The van der Waals surface area contributed by atoms with Crippen molar-refractivity contribution in [3.63, 3.8) is 0 Å². The van der Waals surface area contributed by atoms with E-state index in [-0.39, 0.29) is 12.5 Å². The topological polar surface area (TPSA) is 58.6 Å². The van der Waals surface area contributed by atoms with Crippen molar-refractivity contribution < 1.29 is 9.53 Å². The lowest BCUT2D eigenvalue weighted by Gasteiger charge is -2.36. The number of benzene rings is 2. The van der Waals surface area contributed by atoms with Crippen molar-refractivity contribution >= 4 is 11.7 Å². The van der Waals surface area contributed by atoms with Crippen molar-refractivity contribution in [3.05, 3.63) is 77.0 Å². The maximum Gasteiger partial charge on any atom is 0.248 e. The number of methoxy groups -OCH3 is 1. The highest BCUT2D eigenvalue weighted by Crippen LogP contribution is 2.28. The third kappa shape index (κ3) is 4.97. The number of rotatable bonds is 6. The molecule has 3 aromatic rings. The zero-order valence-electron chi connectivity index (χ0n) is 19.0. The lowest BCUT2D eigenvalue weighted by molar-refractivity contribution is -0.135. The SMILES string of the molecule is COCC(=O)N1CCN(c2nc(-c3ccc(C)cc3)nc(C)c2Cc2ccccc2)CC1. The largest absolute Gasteiger partial charge is 0.375 e. The zero-order chi connectivity index (χ0) is 22.5. The summed E-state index contributed by atoms with van der Waals surface area (Å²) in [6.45, 7) is 7.07. The van der Waals surface area contributed by atoms with Gasteiger partial charge in [0.25, 0.3) is 0 Å². The van der Waals surface area contributed by atoms with Crippen LogP contribution in [0.15, 0.2) is 54.6 Å². The third-order valence-corrected chi connectivity index (χ3v) is 5.93. The Morgan fingerprint density at radius 3 is 2.28 bits per heavy atom. The molecule has 0 radical (unpaired) electrons. The van der Waals surface area contributed by atoms with Crippen molar-refractivity contribution in [2.45, 2.75) is 20.3 Å². The molecule has 6 heteroatoms. The van der Waals surface area contributed by atoms with Crippen LogP contribution in [0.5, 0.6) is 0 Å². The Balaban J connectivity index is 1.67. The van der Waals surface area contributed by atoms with Gasteiger partial charge in [0.1, 0.15) is 12.4 Å². The Bertz CT molecular complexity index is 1060. The van der Waals surface area contributed by atoms with Crippen LogP contribution in [-0.4, -0.2) is 60.7 Å². The van der Waals surface area contributed by atoms with Crippen molar-refractivity contribution in [1.29, 1.82) is 0 Å². The van der Waals surface area contributed by atoms with Crippen LogP contribution in [0, 0.1) is 13.8 Å². The van der Waals surface area contributed by atoms with Gasteiger partial charge in [0.15, 0.2) is 5.82 Å². The molecular weight excluding hydrogens is 400 g/mol. The number of aryl methyl sites for hydroxylation is 2. The highest BCUT2D eigenvalue weighted by atomic mass is 16.5. The van der Waals surface area contributed by atoms with Crippen LogP contribution in [0.2, 0.25) is 0 Å². The monoisotopic (exact) mass is 430 g/mol. The van der Waals surface area contributed by atoms with Crippen LogP contribution >= 0.6 is 0 Å². The molecule has 166 valence electrons. The van der Waals surface area contributed by atoms with Gasteiger partial charge in [0, 0.05) is 56.5 Å². The molecule has 1 aliphatic rings. The van der Waals surface area contributed by atoms with Gasteiger partial charge in [-0.3, -0.25) is 4.79 Å². The molecule has 1 saturated heterocycles. The first kappa shape index (κ1) is 22.0. The quantitative estimate of drug-likeness (QED) is 0.598. The summed E-state index contributed by atoms with van der Waals surface area (Å²) in [5.41, 5.74) is 5.59. The number of carbonyl (C=O) groups is 1. The Hall–Kier alpha value is -3.25. The van der Waals surface area contributed by atoms with Crippen LogP contribution in [0.4, 0.5) is 5.82 Å². The molecule has 0 spiro atoms. The van der Waals surface area contributed by atoms with E-state index < -0.39 is 0 Å². The molecule has 0 unspecified atom stereocenters. The minimum Gasteiger partial charge on any atom is -0.375 e. The average Bonchev–Trinajstić information content (AvgIpc) is 2.82. The predicted octanol–water partition coefficient (Wildman–Crippen LogP) is 3.65. The summed E-state index contributed by atoms with van der Waals surface area (Å²) in [5, 5.41) is 0. The van der Waals surface area contributed by atoms with E-state index in [4.69, 9.17) is 14.7 Å². The number of hydrogen-bond acceptors (Lipinski definition) is 5. The van der Waals surface area contributed by atoms with Gasteiger partial charge < -0.3 is 14.5 Å². The standard InChI is InChI=1S/C26H30N4O2/c1-19-9-11-22(12-10-19)25-27-20(2)23(17-21-7-5-4-6-8-21)26(28-25)30-15-13-29(14-16-30)24(31)18-32-3/h4-12H,13-18H2,1-3H3. The number of carbonyl (C=O) groups excluding carboxylic acids is 1. The van der Waals surface area contributed by atoms with E-state index in [1.807, 2.05) is 11.0 Å². The first-order valence-electron chi connectivity index (χ1n) is 11.1. The Kier molecular flexibility index (Phi) is 6.81. The van der Waals surface area contributed by atoms with Crippen molar-refractivity contribution in [3.8, 4) is 11.4 Å². The molecule has 1 aliphatic heterocycles. The van der Waals surface area contributed by atoms with E-state index in [2.05, 4.69) is 67.3 Å². The lowest BCUT2D eigenvalue weighted by Crippen LogP contribution is -2.50. The molecule has 4 rings (SSSR count). The molecule has 2 aromatic carbocycles. The second-order valence-electron chi connectivity index (χ2n) is 8.26. The number of nitrogens with zero attached hydrogens (tertiary/aromatic N) is 4. The van der Waals surface area contributed by atoms with Gasteiger partial charge in [0.2, 0.25) is 5.91 Å². The fourth-order valence-electron chi connectivity index (χ4n) is 4.06. The summed E-state index contributed by atoms with van der Waals surface area (Å²) >= 11 is 0. The summed E-state index contributed by atoms with van der Waals surface area (Å²) in [7, 11) is 1.56. The van der Waals surface area contributed by atoms with Gasteiger partial charge >= 0.3 is 0 Å². The minimum absolute atomic E-state index is 0.0378. The van der Waals surface area contributed by atoms with Gasteiger partial charge in [0.05, 0.1) is 0 Å². The number of hydrogen-bond donors (Lipinski definition) is 0. The summed E-state index contributed by atoms with van der Waals surface area (Å²) in [6, 6.07) is 18.8. The van der Waals surface area contributed by atoms with Crippen molar-refractivity contribution in [2.24, 2.45) is 0 Å². The molecule has 1 aromatic heterocycles. The van der Waals surface area contributed by atoms with Crippen LogP contribution in [0.25, 0.3) is 11.4 Å². The second-order valence-corrected chi connectivity index (χ2v) is 8.26. The highest BCUT2D eigenvalue weighted by Gasteiger charge is 2.25. The van der Waals surface area contributed by atoms with Crippen LogP contribution in [-0.2, 0) is 16.0 Å². The van der Waals surface area contributed by atoms with Gasteiger partial charge in [-0.05, 0) is 19.4 Å². The second kappa shape index (κ2) is 9.92. The summed E-state index contributed by atoms with van der Waals surface area (Å²) in [4.78, 5) is 26.3. The van der Waals surface area contributed by atoms with E-state index in [0.29, 0.717) is 13.1 Å². The van der Waals surface area contributed by atoms with E-state index in [0.717, 1.165) is 48.0 Å². The van der Waals surface area contributed by atoms with Crippen molar-refractivity contribution in [1.82, 2.24) is 14.9 Å². The summed E-state index contributed by atoms with van der Waals surface area (Å²) in [6.07, 6.45) is 0.777. The van der Waals surface area contributed by atoms with Gasteiger partial charge in [-0.15, -0.1) is 0 Å². The molecule has 0 saturated carbocycles. The number of anilines is 1. The fourth-order valence-corrected chi connectivity index (χ4v) is 4.06.